The largest absolute Gasteiger partial charge is 0.437 e. The van der Waals surface area contributed by atoms with Crippen LogP contribution in [-0.4, -0.2) is 43.6 Å². The number of amides is 1. The molecule has 150 valence electrons. The lowest BCUT2D eigenvalue weighted by Crippen LogP contribution is -2.39. The van der Waals surface area contributed by atoms with Crippen LogP contribution < -0.4 is 4.74 Å². The van der Waals surface area contributed by atoms with E-state index in [-0.39, 0.29) is 11.8 Å². The van der Waals surface area contributed by atoms with E-state index in [9.17, 15) is 4.79 Å². The van der Waals surface area contributed by atoms with Gasteiger partial charge in [0.15, 0.2) is 0 Å². The smallest absolute Gasteiger partial charge is 0.257 e. The maximum Gasteiger partial charge on any atom is 0.257 e. The van der Waals surface area contributed by atoms with Crippen molar-refractivity contribution >= 4 is 5.91 Å². The summed E-state index contributed by atoms with van der Waals surface area (Å²) in [5.41, 5.74) is 3.52. The summed E-state index contributed by atoms with van der Waals surface area (Å²) in [6.07, 6.45) is 6.95. The van der Waals surface area contributed by atoms with Gasteiger partial charge in [-0.2, -0.15) is 5.10 Å². The van der Waals surface area contributed by atoms with E-state index >= 15 is 0 Å². The number of aromatic nitrogens is 4. The fourth-order valence-corrected chi connectivity index (χ4v) is 3.69. The van der Waals surface area contributed by atoms with Crippen molar-refractivity contribution in [3.63, 3.8) is 0 Å². The summed E-state index contributed by atoms with van der Waals surface area (Å²) in [4.78, 5) is 23.8. The number of likely N-dealkylation sites (tertiary alicyclic amines) is 1. The lowest BCUT2D eigenvalue weighted by atomic mass is 9.94. The minimum absolute atomic E-state index is 0.0282. The van der Waals surface area contributed by atoms with Crippen molar-refractivity contribution in [2.45, 2.75) is 32.6 Å². The predicted molar refractivity (Wildman–Crippen MR) is 109 cm³/mol. The van der Waals surface area contributed by atoms with Crippen molar-refractivity contribution in [2.75, 3.05) is 13.1 Å². The Kier molecular flexibility index (Phi) is 5.29. The van der Waals surface area contributed by atoms with Gasteiger partial charge in [0.05, 0.1) is 23.7 Å². The van der Waals surface area contributed by atoms with Gasteiger partial charge < -0.3 is 9.64 Å². The molecule has 4 rings (SSSR count). The first-order valence-electron chi connectivity index (χ1n) is 9.85. The van der Waals surface area contributed by atoms with Crippen molar-refractivity contribution < 1.29 is 9.53 Å². The average molecular weight is 391 g/mol. The van der Waals surface area contributed by atoms with Gasteiger partial charge in [0, 0.05) is 37.9 Å². The van der Waals surface area contributed by atoms with E-state index in [4.69, 9.17) is 4.74 Å². The minimum Gasteiger partial charge on any atom is -0.437 e. The molecular weight excluding hydrogens is 366 g/mol. The van der Waals surface area contributed by atoms with E-state index in [1.165, 1.54) is 0 Å². The molecule has 0 saturated carbocycles. The summed E-state index contributed by atoms with van der Waals surface area (Å²) < 4.78 is 7.62. The number of hydrogen-bond acceptors (Lipinski definition) is 5. The number of carbonyl (C=O) groups excluding carboxylic acids is 1. The second kappa shape index (κ2) is 8.03. The van der Waals surface area contributed by atoms with Crippen LogP contribution in [0.1, 0.15) is 46.1 Å². The first-order chi connectivity index (χ1) is 14.0. The Hall–Kier alpha value is -3.22. The molecule has 3 heterocycles. The molecule has 1 aromatic carbocycles. The molecule has 1 fully saturated rings. The third-order valence-electron chi connectivity index (χ3n) is 5.44. The van der Waals surface area contributed by atoms with Crippen LogP contribution in [0.2, 0.25) is 0 Å². The molecular formula is C22H25N5O2. The maximum atomic E-state index is 13.0. The number of piperidine rings is 1. The summed E-state index contributed by atoms with van der Waals surface area (Å²) >= 11 is 0. The third kappa shape index (κ3) is 4.13. The average Bonchev–Trinajstić information content (AvgIpc) is 3.06. The zero-order chi connectivity index (χ0) is 20.4. The normalized spacial score (nSPS) is 16.7. The van der Waals surface area contributed by atoms with Crippen LogP contribution >= 0.6 is 0 Å². The topological polar surface area (TPSA) is 73.1 Å². The number of benzene rings is 1. The molecule has 0 N–H and O–H groups in total. The Labute approximate surface area is 170 Å². The van der Waals surface area contributed by atoms with Crippen molar-refractivity contribution in [3.05, 3.63) is 65.4 Å². The van der Waals surface area contributed by atoms with Crippen LogP contribution in [0.15, 0.2) is 42.9 Å². The van der Waals surface area contributed by atoms with Crippen molar-refractivity contribution in [2.24, 2.45) is 7.05 Å². The van der Waals surface area contributed by atoms with Crippen LogP contribution in [0.5, 0.6) is 11.6 Å². The second-order valence-corrected chi connectivity index (χ2v) is 7.56. The van der Waals surface area contributed by atoms with Gasteiger partial charge in [0.25, 0.3) is 5.91 Å². The van der Waals surface area contributed by atoms with E-state index in [1.807, 2.05) is 50.1 Å². The molecule has 1 atom stereocenters. The standard InChI is InChI=1S/C22H25N5O2/c1-15-6-4-8-18(10-15)29-21-13-23-12-20(25-21)17-7-5-9-27(14-17)22(28)19-11-24-26(3)16(19)2/h4,6,8,10-13,17H,5,7,9,14H2,1-3H3/t17-/m0/s1. The summed E-state index contributed by atoms with van der Waals surface area (Å²) in [6.45, 7) is 5.30. The monoisotopic (exact) mass is 391 g/mol. The van der Waals surface area contributed by atoms with Crippen LogP contribution in [0.4, 0.5) is 0 Å². The SMILES string of the molecule is Cc1cccc(Oc2cncc([C@H]3CCCN(C(=O)c4cnn(C)c4C)C3)n2)c1. The van der Waals surface area contributed by atoms with Crippen molar-refractivity contribution in [1.29, 1.82) is 0 Å². The molecule has 0 unspecified atom stereocenters. The van der Waals surface area contributed by atoms with E-state index in [0.29, 0.717) is 18.0 Å². The van der Waals surface area contributed by atoms with Crippen LogP contribution in [0, 0.1) is 13.8 Å². The van der Waals surface area contributed by atoms with Gasteiger partial charge in [-0.3, -0.25) is 14.5 Å². The Morgan fingerprint density at radius 2 is 2.07 bits per heavy atom. The second-order valence-electron chi connectivity index (χ2n) is 7.56. The molecule has 7 heteroatoms. The molecule has 1 aliphatic rings. The predicted octanol–water partition coefficient (Wildman–Crippen LogP) is 3.64. The highest BCUT2D eigenvalue weighted by Gasteiger charge is 2.28. The lowest BCUT2D eigenvalue weighted by molar-refractivity contribution is 0.0705. The maximum absolute atomic E-state index is 13.0. The molecule has 0 radical (unpaired) electrons. The van der Waals surface area contributed by atoms with Gasteiger partial charge in [-0.15, -0.1) is 0 Å². The summed E-state index contributed by atoms with van der Waals surface area (Å²) in [5, 5.41) is 4.20. The first kappa shape index (κ1) is 19.1. The summed E-state index contributed by atoms with van der Waals surface area (Å²) in [5.74, 6) is 1.38. The number of rotatable bonds is 4. The molecule has 3 aromatic rings. The van der Waals surface area contributed by atoms with Crippen LogP contribution in [0.3, 0.4) is 0 Å². The Morgan fingerprint density at radius 1 is 1.21 bits per heavy atom. The van der Waals surface area contributed by atoms with Crippen LogP contribution in [0.25, 0.3) is 0 Å². The summed E-state index contributed by atoms with van der Waals surface area (Å²) in [7, 11) is 1.85. The lowest BCUT2D eigenvalue weighted by Gasteiger charge is -2.32. The van der Waals surface area contributed by atoms with Gasteiger partial charge in [0.2, 0.25) is 5.88 Å². The van der Waals surface area contributed by atoms with Crippen molar-refractivity contribution in [1.82, 2.24) is 24.6 Å². The fraction of sp³-hybridized carbons (Fsp3) is 0.364. The fourth-order valence-electron chi connectivity index (χ4n) is 3.69. The van der Waals surface area contributed by atoms with E-state index < -0.39 is 0 Å². The Bertz CT molecular complexity index is 1030. The van der Waals surface area contributed by atoms with E-state index in [2.05, 4.69) is 15.1 Å². The number of nitrogens with zero attached hydrogens (tertiary/aromatic N) is 5. The molecule has 1 aliphatic heterocycles. The molecule has 29 heavy (non-hydrogen) atoms. The zero-order valence-electron chi connectivity index (χ0n) is 17.0. The first-order valence-corrected chi connectivity index (χ1v) is 9.85. The molecule has 1 saturated heterocycles. The number of aryl methyl sites for hydroxylation is 2. The van der Waals surface area contributed by atoms with Gasteiger partial charge >= 0.3 is 0 Å². The van der Waals surface area contributed by atoms with Gasteiger partial charge in [0.1, 0.15) is 5.75 Å². The van der Waals surface area contributed by atoms with E-state index in [0.717, 1.165) is 42.1 Å². The highest BCUT2D eigenvalue weighted by Crippen LogP contribution is 2.28. The number of ether oxygens (including phenoxy) is 1. The van der Waals surface area contributed by atoms with Gasteiger partial charge in [-0.1, -0.05) is 12.1 Å². The molecule has 2 aromatic heterocycles. The minimum atomic E-state index is 0.0282. The zero-order valence-corrected chi connectivity index (χ0v) is 17.0. The van der Waals surface area contributed by atoms with Gasteiger partial charge in [-0.25, -0.2) is 4.98 Å². The highest BCUT2D eigenvalue weighted by molar-refractivity contribution is 5.95. The van der Waals surface area contributed by atoms with Gasteiger partial charge in [-0.05, 0) is 44.4 Å². The quantitative estimate of drug-likeness (QED) is 0.679. The Morgan fingerprint density at radius 3 is 2.83 bits per heavy atom. The van der Waals surface area contributed by atoms with E-state index in [1.54, 1.807) is 23.3 Å². The molecule has 0 spiro atoms. The molecule has 1 amide bonds. The molecule has 7 nitrogen and oxygen atoms in total. The molecule has 0 bridgehead atoms. The van der Waals surface area contributed by atoms with Crippen molar-refractivity contribution in [3.8, 4) is 11.6 Å². The number of hydrogen-bond donors (Lipinski definition) is 0. The highest BCUT2D eigenvalue weighted by atomic mass is 16.5. The molecule has 0 aliphatic carbocycles. The number of carbonyl (C=O) groups is 1. The third-order valence-corrected chi connectivity index (χ3v) is 5.44. The van der Waals surface area contributed by atoms with Crippen LogP contribution in [-0.2, 0) is 7.05 Å². The summed E-state index contributed by atoms with van der Waals surface area (Å²) in [6, 6.07) is 7.84. The Balaban J connectivity index is 1.49.